The molecule has 0 saturated heterocycles. The molecule has 0 saturated carbocycles. The summed E-state index contributed by atoms with van der Waals surface area (Å²) in [6.07, 6.45) is 3.64. The Morgan fingerprint density at radius 2 is 2.38 bits per heavy atom. The number of nitrogens with one attached hydrogen (secondary N) is 1. The van der Waals surface area contributed by atoms with Crippen LogP contribution >= 0.6 is 11.3 Å². The predicted octanol–water partition coefficient (Wildman–Crippen LogP) is 2.40. The Balaban J connectivity index is 2.24. The summed E-state index contributed by atoms with van der Waals surface area (Å²) in [6.45, 7) is 5.99. The third kappa shape index (κ3) is 4.60. The Morgan fingerprint density at radius 1 is 1.56 bits per heavy atom. The summed E-state index contributed by atoms with van der Waals surface area (Å²) in [4.78, 5) is 5.58. The van der Waals surface area contributed by atoms with Crippen LogP contribution in [0.5, 0.6) is 0 Å². The summed E-state index contributed by atoms with van der Waals surface area (Å²) in [7, 11) is 1.97. The quantitative estimate of drug-likeness (QED) is 0.760. The molecule has 1 heterocycles. The average Bonchev–Trinajstić information content (AvgIpc) is 2.65. The van der Waals surface area contributed by atoms with Gasteiger partial charge in [0.15, 0.2) is 0 Å². The van der Waals surface area contributed by atoms with Crippen molar-refractivity contribution in [3.8, 4) is 0 Å². The molecule has 1 atom stereocenters. The van der Waals surface area contributed by atoms with Crippen molar-refractivity contribution in [1.29, 1.82) is 0 Å². The van der Waals surface area contributed by atoms with Crippen LogP contribution in [-0.4, -0.2) is 31.3 Å². The second kappa shape index (κ2) is 7.76. The highest BCUT2D eigenvalue weighted by Crippen LogP contribution is 2.13. The van der Waals surface area contributed by atoms with E-state index >= 15 is 0 Å². The highest BCUT2D eigenvalue weighted by Gasteiger charge is 2.07. The number of hydrogen-bond acceptors (Lipinski definition) is 4. The first-order valence-electron chi connectivity index (χ1n) is 5.93. The molecule has 4 heteroatoms. The Bertz CT molecular complexity index is 282. The van der Waals surface area contributed by atoms with E-state index < -0.39 is 0 Å². The van der Waals surface area contributed by atoms with Crippen LogP contribution < -0.4 is 5.32 Å². The number of nitrogens with zero attached hydrogens (tertiary/aromatic N) is 1. The summed E-state index contributed by atoms with van der Waals surface area (Å²) in [5, 5.41) is 3.17. The first kappa shape index (κ1) is 13.6. The fraction of sp³-hybridized carbons (Fsp3) is 0.750. The van der Waals surface area contributed by atoms with Crippen LogP contribution in [0.15, 0.2) is 5.51 Å². The molecule has 0 radical (unpaired) electrons. The van der Waals surface area contributed by atoms with Gasteiger partial charge in [-0.2, -0.15) is 0 Å². The number of likely N-dealkylation sites (N-methyl/N-ethyl adjacent to an activating group) is 1. The molecule has 0 aromatic carbocycles. The Kier molecular flexibility index (Phi) is 6.61. The average molecular weight is 242 g/mol. The van der Waals surface area contributed by atoms with Gasteiger partial charge in [0.25, 0.3) is 0 Å². The molecule has 1 rings (SSSR count). The summed E-state index contributed by atoms with van der Waals surface area (Å²) in [5.74, 6) is 0. The van der Waals surface area contributed by atoms with E-state index in [9.17, 15) is 0 Å². The van der Waals surface area contributed by atoms with E-state index in [1.54, 1.807) is 11.3 Å². The topological polar surface area (TPSA) is 34.1 Å². The fourth-order valence-electron chi connectivity index (χ4n) is 1.68. The van der Waals surface area contributed by atoms with Crippen LogP contribution in [0.1, 0.15) is 30.3 Å². The van der Waals surface area contributed by atoms with Crippen molar-refractivity contribution in [2.75, 3.05) is 20.2 Å². The summed E-state index contributed by atoms with van der Waals surface area (Å²) >= 11 is 1.72. The number of rotatable bonds is 8. The third-order valence-electron chi connectivity index (χ3n) is 2.57. The van der Waals surface area contributed by atoms with E-state index in [-0.39, 0.29) is 0 Å². The van der Waals surface area contributed by atoms with Gasteiger partial charge >= 0.3 is 0 Å². The SMILES string of the molecule is CCCC(CNC)OCCc1scnc1C. The fourth-order valence-corrected chi connectivity index (χ4v) is 2.44. The lowest BCUT2D eigenvalue weighted by atomic mass is 10.2. The zero-order chi connectivity index (χ0) is 11.8. The standard InChI is InChI=1S/C12H22N2OS/c1-4-5-11(8-13-3)15-7-6-12-10(2)14-9-16-12/h9,11,13H,4-8H2,1-3H3. The predicted molar refractivity (Wildman–Crippen MR) is 69.1 cm³/mol. The zero-order valence-corrected chi connectivity index (χ0v) is 11.3. The molecule has 1 aromatic rings. The first-order chi connectivity index (χ1) is 7.77. The maximum atomic E-state index is 5.87. The van der Waals surface area contributed by atoms with Gasteiger partial charge in [-0.05, 0) is 20.4 Å². The highest BCUT2D eigenvalue weighted by atomic mass is 32.1. The van der Waals surface area contributed by atoms with Crippen molar-refractivity contribution >= 4 is 11.3 Å². The van der Waals surface area contributed by atoms with E-state index in [2.05, 4.69) is 24.1 Å². The smallest absolute Gasteiger partial charge is 0.0797 e. The molecule has 16 heavy (non-hydrogen) atoms. The normalized spacial score (nSPS) is 12.9. The van der Waals surface area contributed by atoms with Crippen molar-refractivity contribution in [3.05, 3.63) is 16.1 Å². The molecule has 0 bridgehead atoms. The van der Waals surface area contributed by atoms with Gasteiger partial charge in [-0.25, -0.2) is 4.98 Å². The van der Waals surface area contributed by atoms with Crippen LogP contribution in [0.4, 0.5) is 0 Å². The van der Waals surface area contributed by atoms with E-state index in [1.807, 2.05) is 12.6 Å². The van der Waals surface area contributed by atoms with Crippen molar-refractivity contribution < 1.29 is 4.74 Å². The number of thiazole rings is 1. The van der Waals surface area contributed by atoms with Gasteiger partial charge < -0.3 is 10.1 Å². The molecule has 3 nitrogen and oxygen atoms in total. The molecule has 0 aliphatic rings. The minimum atomic E-state index is 0.350. The van der Waals surface area contributed by atoms with E-state index in [4.69, 9.17) is 4.74 Å². The lowest BCUT2D eigenvalue weighted by Gasteiger charge is -2.16. The molecule has 92 valence electrons. The maximum absolute atomic E-state index is 5.87. The molecule has 0 aliphatic carbocycles. The second-order valence-corrected chi connectivity index (χ2v) is 4.89. The third-order valence-corrected chi connectivity index (χ3v) is 3.56. The van der Waals surface area contributed by atoms with Gasteiger partial charge in [-0.15, -0.1) is 11.3 Å². The number of aromatic nitrogens is 1. The van der Waals surface area contributed by atoms with Crippen LogP contribution in [0.25, 0.3) is 0 Å². The Labute approximate surface area is 102 Å². The summed E-state index contributed by atoms with van der Waals surface area (Å²) in [6, 6.07) is 0. The van der Waals surface area contributed by atoms with Gasteiger partial charge in [0.2, 0.25) is 0 Å². The van der Waals surface area contributed by atoms with Crippen molar-refractivity contribution in [2.45, 2.75) is 39.2 Å². The van der Waals surface area contributed by atoms with Gasteiger partial charge in [0.1, 0.15) is 0 Å². The number of ether oxygens (including phenoxy) is 1. The lowest BCUT2D eigenvalue weighted by Crippen LogP contribution is -2.27. The van der Waals surface area contributed by atoms with Crippen LogP contribution in [0, 0.1) is 6.92 Å². The highest BCUT2D eigenvalue weighted by molar-refractivity contribution is 7.09. The van der Waals surface area contributed by atoms with Crippen LogP contribution in [-0.2, 0) is 11.2 Å². The minimum Gasteiger partial charge on any atom is -0.377 e. The maximum Gasteiger partial charge on any atom is 0.0797 e. The molecule has 0 amide bonds. The number of hydrogen-bond donors (Lipinski definition) is 1. The largest absolute Gasteiger partial charge is 0.377 e. The van der Waals surface area contributed by atoms with Crippen molar-refractivity contribution in [1.82, 2.24) is 10.3 Å². The van der Waals surface area contributed by atoms with Crippen molar-refractivity contribution in [2.24, 2.45) is 0 Å². The first-order valence-corrected chi connectivity index (χ1v) is 6.81. The van der Waals surface area contributed by atoms with E-state index in [0.717, 1.165) is 31.7 Å². The van der Waals surface area contributed by atoms with Gasteiger partial charge in [-0.3, -0.25) is 0 Å². The van der Waals surface area contributed by atoms with Crippen LogP contribution in [0.2, 0.25) is 0 Å². The Morgan fingerprint density at radius 3 is 2.94 bits per heavy atom. The molecular weight excluding hydrogens is 220 g/mol. The molecule has 1 N–H and O–H groups in total. The zero-order valence-electron chi connectivity index (χ0n) is 10.5. The van der Waals surface area contributed by atoms with E-state index in [1.165, 1.54) is 11.3 Å². The second-order valence-electron chi connectivity index (χ2n) is 3.95. The monoisotopic (exact) mass is 242 g/mol. The summed E-state index contributed by atoms with van der Waals surface area (Å²) < 4.78 is 5.87. The number of aryl methyl sites for hydroxylation is 1. The molecule has 0 fully saturated rings. The molecule has 1 aromatic heterocycles. The van der Waals surface area contributed by atoms with Gasteiger partial charge in [0.05, 0.1) is 23.9 Å². The molecule has 1 unspecified atom stereocenters. The van der Waals surface area contributed by atoms with Crippen molar-refractivity contribution in [3.63, 3.8) is 0 Å². The molecule has 0 spiro atoms. The summed E-state index contributed by atoms with van der Waals surface area (Å²) in [5.41, 5.74) is 3.05. The van der Waals surface area contributed by atoms with Crippen LogP contribution in [0.3, 0.4) is 0 Å². The van der Waals surface area contributed by atoms with Gasteiger partial charge in [0, 0.05) is 17.8 Å². The van der Waals surface area contributed by atoms with Gasteiger partial charge in [-0.1, -0.05) is 13.3 Å². The van der Waals surface area contributed by atoms with E-state index in [0.29, 0.717) is 6.10 Å². The molecule has 0 aliphatic heterocycles. The Hall–Kier alpha value is -0.450. The lowest BCUT2D eigenvalue weighted by molar-refractivity contribution is 0.0506. The molecular formula is C12H22N2OS. The minimum absolute atomic E-state index is 0.350.